The molecule has 0 spiro atoms. The van der Waals surface area contributed by atoms with Gasteiger partial charge >= 0.3 is 0 Å². The molecule has 0 radical (unpaired) electrons. The van der Waals surface area contributed by atoms with E-state index in [0.717, 1.165) is 18.5 Å². The average molecular weight is 205 g/mol. The zero-order valence-electron chi connectivity index (χ0n) is 8.63. The van der Waals surface area contributed by atoms with E-state index in [4.69, 9.17) is 5.73 Å². The highest BCUT2D eigenvalue weighted by Crippen LogP contribution is 2.36. The summed E-state index contributed by atoms with van der Waals surface area (Å²) in [5.41, 5.74) is 8.51. The molecule has 2 aromatic rings. The third-order valence-electron chi connectivity index (χ3n) is 2.62. The first kappa shape index (κ1) is 9.53. The summed E-state index contributed by atoms with van der Waals surface area (Å²) in [6, 6.07) is 6.45. The largest absolute Gasteiger partial charge is 0.397 e. The van der Waals surface area contributed by atoms with Crippen molar-refractivity contribution in [2.45, 2.75) is 26.7 Å². The van der Waals surface area contributed by atoms with E-state index in [0.29, 0.717) is 0 Å². The maximum Gasteiger partial charge on any atom is 0.0538 e. The van der Waals surface area contributed by atoms with Crippen molar-refractivity contribution in [2.24, 2.45) is 0 Å². The number of anilines is 1. The Bertz CT molecular complexity index is 457. The molecular formula is C12H15NS. The van der Waals surface area contributed by atoms with Crippen molar-refractivity contribution in [3.05, 3.63) is 28.6 Å². The standard InChI is InChI=1S/C12H15NS/c1-3-8-6-5-7-10-11(8)12(13)9(4-2)14-10/h5-7H,3-4,13H2,1-2H3. The second kappa shape index (κ2) is 3.62. The predicted molar refractivity (Wildman–Crippen MR) is 65.0 cm³/mol. The van der Waals surface area contributed by atoms with Gasteiger partial charge in [-0.25, -0.2) is 0 Å². The summed E-state index contributed by atoms with van der Waals surface area (Å²) in [6.45, 7) is 4.34. The van der Waals surface area contributed by atoms with E-state index in [9.17, 15) is 0 Å². The fourth-order valence-corrected chi connectivity index (χ4v) is 2.96. The quantitative estimate of drug-likeness (QED) is 0.796. The minimum Gasteiger partial charge on any atom is -0.397 e. The van der Waals surface area contributed by atoms with Crippen LogP contribution in [-0.2, 0) is 12.8 Å². The summed E-state index contributed by atoms with van der Waals surface area (Å²) in [7, 11) is 0. The Morgan fingerprint density at radius 1 is 1.21 bits per heavy atom. The van der Waals surface area contributed by atoms with Gasteiger partial charge in [0.15, 0.2) is 0 Å². The normalized spacial score (nSPS) is 11.0. The van der Waals surface area contributed by atoms with Crippen LogP contribution in [0.4, 0.5) is 5.69 Å². The van der Waals surface area contributed by atoms with E-state index < -0.39 is 0 Å². The zero-order valence-corrected chi connectivity index (χ0v) is 9.45. The molecule has 0 aliphatic carbocycles. The summed E-state index contributed by atoms with van der Waals surface area (Å²) < 4.78 is 1.33. The number of hydrogen-bond acceptors (Lipinski definition) is 2. The van der Waals surface area contributed by atoms with E-state index in [2.05, 4.69) is 32.0 Å². The summed E-state index contributed by atoms with van der Waals surface area (Å²) in [6.07, 6.45) is 2.09. The number of rotatable bonds is 2. The van der Waals surface area contributed by atoms with Crippen LogP contribution in [0.15, 0.2) is 18.2 Å². The first-order valence-electron chi connectivity index (χ1n) is 5.06. The van der Waals surface area contributed by atoms with Crippen LogP contribution in [-0.4, -0.2) is 0 Å². The molecule has 0 unspecified atom stereocenters. The van der Waals surface area contributed by atoms with Crippen molar-refractivity contribution in [3.63, 3.8) is 0 Å². The Hall–Kier alpha value is -1.02. The van der Waals surface area contributed by atoms with Gasteiger partial charge in [0.1, 0.15) is 0 Å². The lowest BCUT2D eigenvalue weighted by Gasteiger charge is -2.00. The monoisotopic (exact) mass is 205 g/mol. The summed E-state index contributed by atoms with van der Waals surface area (Å²) in [4.78, 5) is 1.32. The van der Waals surface area contributed by atoms with Gasteiger partial charge in [0.05, 0.1) is 5.69 Å². The summed E-state index contributed by atoms with van der Waals surface area (Å²) in [5, 5.41) is 1.29. The molecule has 2 N–H and O–H groups in total. The predicted octanol–water partition coefficient (Wildman–Crippen LogP) is 3.61. The molecule has 1 aromatic carbocycles. The van der Waals surface area contributed by atoms with Crippen LogP contribution >= 0.6 is 11.3 Å². The van der Waals surface area contributed by atoms with E-state index in [-0.39, 0.29) is 0 Å². The molecule has 1 nitrogen and oxygen atoms in total. The van der Waals surface area contributed by atoms with Gasteiger partial charge in [0.2, 0.25) is 0 Å². The minimum absolute atomic E-state index is 1.00. The molecular weight excluding hydrogens is 190 g/mol. The minimum atomic E-state index is 1.00. The third kappa shape index (κ3) is 1.30. The molecule has 0 fully saturated rings. The molecule has 0 amide bonds. The topological polar surface area (TPSA) is 26.0 Å². The summed E-state index contributed by atoms with van der Waals surface area (Å²) in [5.74, 6) is 0. The van der Waals surface area contributed by atoms with Gasteiger partial charge in [-0.3, -0.25) is 0 Å². The highest BCUT2D eigenvalue weighted by Gasteiger charge is 2.09. The molecule has 0 saturated carbocycles. The molecule has 0 aliphatic heterocycles. The Kier molecular flexibility index (Phi) is 2.46. The lowest BCUT2D eigenvalue weighted by Crippen LogP contribution is -1.89. The first-order valence-corrected chi connectivity index (χ1v) is 5.88. The van der Waals surface area contributed by atoms with Crippen LogP contribution in [0.25, 0.3) is 10.1 Å². The SMILES string of the molecule is CCc1sc2cccc(CC)c2c1N. The average Bonchev–Trinajstić information content (AvgIpc) is 2.55. The van der Waals surface area contributed by atoms with Crippen molar-refractivity contribution in [3.8, 4) is 0 Å². The molecule has 74 valence electrons. The molecule has 1 heterocycles. The summed E-state index contributed by atoms with van der Waals surface area (Å²) >= 11 is 1.83. The number of nitrogens with two attached hydrogens (primary N) is 1. The van der Waals surface area contributed by atoms with Gasteiger partial charge in [-0.15, -0.1) is 11.3 Å². The van der Waals surface area contributed by atoms with Crippen LogP contribution in [0, 0.1) is 0 Å². The van der Waals surface area contributed by atoms with Crippen LogP contribution < -0.4 is 5.73 Å². The Morgan fingerprint density at radius 3 is 2.64 bits per heavy atom. The molecule has 0 saturated heterocycles. The van der Waals surface area contributed by atoms with E-state index >= 15 is 0 Å². The fraction of sp³-hybridized carbons (Fsp3) is 0.333. The zero-order chi connectivity index (χ0) is 10.1. The van der Waals surface area contributed by atoms with Gasteiger partial charge in [-0.05, 0) is 24.5 Å². The van der Waals surface area contributed by atoms with Crippen molar-refractivity contribution < 1.29 is 0 Å². The molecule has 0 bridgehead atoms. The lowest BCUT2D eigenvalue weighted by molar-refractivity contribution is 1.16. The van der Waals surface area contributed by atoms with Crippen molar-refractivity contribution in [1.82, 2.24) is 0 Å². The number of thiophene rings is 1. The Morgan fingerprint density at radius 2 is 2.00 bits per heavy atom. The van der Waals surface area contributed by atoms with Gasteiger partial charge in [-0.1, -0.05) is 26.0 Å². The van der Waals surface area contributed by atoms with Gasteiger partial charge in [0, 0.05) is 15.0 Å². The van der Waals surface area contributed by atoms with Crippen LogP contribution in [0.3, 0.4) is 0 Å². The molecule has 1 aromatic heterocycles. The second-order valence-corrected chi connectivity index (χ2v) is 4.57. The number of aryl methyl sites for hydroxylation is 2. The van der Waals surface area contributed by atoms with Crippen molar-refractivity contribution in [1.29, 1.82) is 0 Å². The highest BCUT2D eigenvalue weighted by atomic mass is 32.1. The van der Waals surface area contributed by atoms with Crippen molar-refractivity contribution in [2.75, 3.05) is 5.73 Å². The van der Waals surface area contributed by atoms with E-state index in [1.807, 2.05) is 11.3 Å². The molecule has 2 rings (SSSR count). The molecule has 0 atom stereocenters. The van der Waals surface area contributed by atoms with Crippen LogP contribution in [0.5, 0.6) is 0 Å². The fourth-order valence-electron chi connectivity index (χ4n) is 1.85. The number of nitrogen functional groups attached to an aromatic ring is 1. The lowest BCUT2D eigenvalue weighted by atomic mass is 10.1. The Balaban J connectivity index is 2.79. The van der Waals surface area contributed by atoms with Crippen LogP contribution in [0.2, 0.25) is 0 Å². The second-order valence-electron chi connectivity index (χ2n) is 3.44. The maximum absolute atomic E-state index is 6.14. The maximum atomic E-state index is 6.14. The van der Waals surface area contributed by atoms with Crippen LogP contribution in [0.1, 0.15) is 24.3 Å². The van der Waals surface area contributed by atoms with Gasteiger partial charge in [0.25, 0.3) is 0 Å². The van der Waals surface area contributed by atoms with E-state index in [1.165, 1.54) is 20.5 Å². The van der Waals surface area contributed by atoms with Gasteiger partial charge in [-0.2, -0.15) is 0 Å². The highest BCUT2D eigenvalue weighted by molar-refractivity contribution is 7.19. The van der Waals surface area contributed by atoms with Gasteiger partial charge < -0.3 is 5.73 Å². The van der Waals surface area contributed by atoms with E-state index in [1.54, 1.807) is 0 Å². The van der Waals surface area contributed by atoms with Crippen molar-refractivity contribution >= 4 is 27.1 Å². The molecule has 0 aliphatic rings. The number of fused-ring (bicyclic) bond motifs is 1. The smallest absolute Gasteiger partial charge is 0.0538 e. The molecule has 2 heteroatoms. The third-order valence-corrected chi connectivity index (χ3v) is 3.93. The number of hydrogen-bond donors (Lipinski definition) is 1. The molecule has 14 heavy (non-hydrogen) atoms. The Labute approximate surface area is 88.6 Å². The first-order chi connectivity index (χ1) is 6.77. The number of benzene rings is 1.